The molecule has 0 unspecified atom stereocenters. The van der Waals surface area contributed by atoms with Gasteiger partial charge in [-0.3, -0.25) is 0 Å². The molecule has 0 radical (unpaired) electrons. The van der Waals surface area contributed by atoms with Gasteiger partial charge >= 0.3 is 0 Å². The van der Waals surface area contributed by atoms with Gasteiger partial charge in [-0.2, -0.15) is 0 Å². The summed E-state index contributed by atoms with van der Waals surface area (Å²) in [6.45, 7) is 9.12. The Morgan fingerprint density at radius 3 is 1.21 bits per heavy atom. The van der Waals surface area contributed by atoms with Crippen molar-refractivity contribution in [3.8, 4) is 50.2 Å². The maximum absolute atomic E-state index is 2.45. The van der Waals surface area contributed by atoms with E-state index in [1.807, 2.05) is 0 Å². The van der Waals surface area contributed by atoms with Crippen LogP contribution in [0.3, 0.4) is 0 Å². The molecule has 396 valence electrons. The van der Waals surface area contributed by atoms with Gasteiger partial charge in [0.2, 0.25) is 0 Å². The molecule has 0 saturated carbocycles. The van der Waals surface area contributed by atoms with Crippen LogP contribution in [-0.4, -0.2) is 4.57 Å². The van der Waals surface area contributed by atoms with Gasteiger partial charge in [0.15, 0.2) is 0 Å². The maximum Gasteiger partial charge on any atom is 0.0713 e. The predicted molar refractivity (Wildman–Crippen MR) is 345 cm³/mol. The van der Waals surface area contributed by atoms with Gasteiger partial charge in [-0.05, 0) is 182 Å². The fourth-order valence-corrected chi connectivity index (χ4v) is 13.0. The Morgan fingerprint density at radius 2 is 0.753 bits per heavy atom. The molecular formula is C79H70N2. The molecule has 2 heteroatoms. The lowest BCUT2D eigenvalue weighted by Crippen LogP contribution is -2.28. The van der Waals surface area contributed by atoms with E-state index in [1.165, 1.54) is 131 Å². The molecule has 13 rings (SSSR count). The van der Waals surface area contributed by atoms with Gasteiger partial charge in [0, 0.05) is 33.5 Å². The second-order valence-electron chi connectivity index (χ2n) is 22.8. The number of aromatic nitrogens is 1. The van der Waals surface area contributed by atoms with E-state index in [0.29, 0.717) is 5.92 Å². The largest absolute Gasteiger partial charge is 0.311 e. The Labute approximate surface area is 479 Å². The third-order valence-electron chi connectivity index (χ3n) is 17.1. The van der Waals surface area contributed by atoms with Gasteiger partial charge in [-0.1, -0.05) is 241 Å². The number of hydrogen-bond donors (Lipinski definition) is 0. The molecule has 0 amide bonds. The zero-order chi connectivity index (χ0) is 54.9. The fraction of sp³-hybridized carbons (Fsp3) is 0.165. The van der Waals surface area contributed by atoms with Crippen LogP contribution in [0.4, 0.5) is 17.1 Å². The van der Waals surface area contributed by atoms with Crippen LogP contribution in [0.15, 0.2) is 261 Å². The lowest BCUT2D eigenvalue weighted by Gasteiger charge is -2.34. The lowest BCUT2D eigenvalue weighted by molar-refractivity contribution is 0.647. The Hall–Kier alpha value is -8.98. The third-order valence-corrected chi connectivity index (χ3v) is 17.1. The van der Waals surface area contributed by atoms with Crippen molar-refractivity contribution in [3.63, 3.8) is 0 Å². The van der Waals surface area contributed by atoms with E-state index < -0.39 is 5.41 Å². The monoisotopic (exact) mass is 1050 g/mol. The van der Waals surface area contributed by atoms with Crippen molar-refractivity contribution < 1.29 is 0 Å². The van der Waals surface area contributed by atoms with Crippen molar-refractivity contribution >= 4 is 38.9 Å². The third kappa shape index (κ3) is 9.67. The second kappa shape index (κ2) is 22.3. The average molecular weight is 1050 g/mol. The summed E-state index contributed by atoms with van der Waals surface area (Å²) in [5, 5.41) is 2.56. The van der Waals surface area contributed by atoms with Crippen LogP contribution >= 0.6 is 0 Å². The zero-order valence-corrected chi connectivity index (χ0v) is 47.2. The predicted octanol–water partition coefficient (Wildman–Crippen LogP) is 21.5. The minimum atomic E-state index is -0.486. The van der Waals surface area contributed by atoms with E-state index in [-0.39, 0.29) is 0 Å². The van der Waals surface area contributed by atoms with E-state index in [9.17, 15) is 0 Å². The van der Waals surface area contributed by atoms with Crippen molar-refractivity contribution in [1.29, 1.82) is 0 Å². The fourth-order valence-electron chi connectivity index (χ4n) is 13.0. The van der Waals surface area contributed by atoms with Crippen LogP contribution in [-0.2, 0) is 24.7 Å². The molecule has 1 aromatic heterocycles. The number of anilines is 3. The van der Waals surface area contributed by atoms with Crippen molar-refractivity contribution in [1.82, 2.24) is 4.57 Å². The van der Waals surface area contributed by atoms with Gasteiger partial charge < -0.3 is 9.47 Å². The van der Waals surface area contributed by atoms with E-state index in [1.54, 1.807) is 0 Å². The van der Waals surface area contributed by atoms with E-state index >= 15 is 0 Å². The molecule has 0 spiro atoms. The number of hydrogen-bond acceptors (Lipinski definition) is 1. The zero-order valence-electron chi connectivity index (χ0n) is 47.2. The molecular weight excluding hydrogens is 977 g/mol. The summed E-state index contributed by atoms with van der Waals surface area (Å²) in [5.41, 5.74) is 25.7. The summed E-state index contributed by atoms with van der Waals surface area (Å²) >= 11 is 0. The lowest BCUT2D eigenvalue weighted by atomic mass is 9.67. The van der Waals surface area contributed by atoms with Gasteiger partial charge in [0.25, 0.3) is 0 Å². The normalized spacial score (nSPS) is 12.5. The van der Waals surface area contributed by atoms with Gasteiger partial charge in [-0.15, -0.1) is 0 Å². The van der Waals surface area contributed by atoms with Gasteiger partial charge in [0.05, 0.1) is 16.4 Å². The first-order chi connectivity index (χ1) is 39.9. The quantitative estimate of drug-likeness (QED) is 0.0882. The Balaban J connectivity index is 0.854. The smallest absolute Gasteiger partial charge is 0.0713 e. The molecule has 0 bridgehead atoms. The Kier molecular flexibility index (Phi) is 14.2. The van der Waals surface area contributed by atoms with Crippen molar-refractivity contribution in [2.24, 2.45) is 5.92 Å². The number of benzene rings is 11. The van der Waals surface area contributed by atoms with Crippen LogP contribution in [0, 0.1) is 5.92 Å². The molecule has 11 aromatic carbocycles. The highest BCUT2D eigenvalue weighted by Gasteiger charge is 2.46. The van der Waals surface area contributed by atoms with Crippen LogP contribution in [0.25, 0.3) is 72.0 Å². The highest BCUT2D eigenvalue weighted by atomic mass is 15.1. The molecule has 1 heterocycles. The first kappa shape index (κ1) is 51.5. The summed E-state index contributed by atoms with van der Waals surface area (Å²) in [7, 11) is 0. The average Bonchev–Trinajstić information content (AvgIpc) is 3.54. The highest BCUT2D eigenvalue weighted by molar-refractivity contribution is 6.09. The van der Waals surface area contributed by atoms with Crippen LogP contribution < -0.4 is 4.90 Å². The minimum Gasteiger partial charge on any atom is -0.311 e. The van der Waals surface area contributed by atoms with E-state index in [0.717, 1.165) is 42.0 Å². The number of unbranched alkanes of at least 4 members (excludes halogenated alkanes) is 2. The van der Waals surface area contributed by atoms with Crippen molar-refractivity contribution in [2.75, 3.05) is 4.90 Å². The number of nitrogens with zero attached hydrogens (tertiary/aromatic N) is 2. The van der Waals surface area contributed by atoms with Gasteiger partial charge in [-0.25, -0.2) is 0 Å². The number of para-hydroxylation sites is 1. The summed E-state index contributed by atoms with van der Waals surface area (Å²) in [5.74, 6) is 0.580. The number of fused-ring (bicyclic) bond motifs is 6. The summed E-state index contributed by atoms with van der Waals surface area (Å²) in [6.07, 6.45) is 8.15. The molecule has 1 aliphatic rings. The highest BCUT2D eigenvalue weighted by Crippen LogP contribution is 2.56. The maximum atomic E-state index is 2.45. The first-order valence-corrected chi connectivity index (χ1v) is 29.6. The molecule has 81 heavy (non-hydrogen) atoms. The molecule has 0 aliphatic heterocycles. The summed E-state index contributed by atoms with van der Waals surface area (Å²) in [4.78, 5) is 2.40. The topological polar surface area (TPSA) is 8.17 Å². The van der Waals surface area contributed by atoms with Gasteiger partial charge in [0.1, 0.15) is 0 Å². The molecule has 0 atom stereocenters. The first-order valence-electron chi connectivity index (χ1n) is 29.6. The standard InChI is InChI=1S/C79H70N2/c1-5-7-15-56-23-28-59(29-24-56)61-32-40-65(41-33-61)79(75-20-12-9-17-71(75)72-18-10-13-21-76(72)79)66-42-34-62(35-43-66)64-38-46-68(47-39-64)80(67-44-36-63(37-45-67)60-30-25-57(26-31-60)16-8-6-2)69-48-50-70(51-49-69)81-77-22-14-11-19-73(77)74-52-27-58(53-55(3)4)54-78(74)81/h9-14,17-52,54-55H,5-8,15-16,53H2,1-4H3. The van der Waals surface area contributed by atoms with Crippen molar-refractivity contribution in [2.45, 2.75) is 78.1 Å². The number of aryl methyl sites for hydroxylation is 2. The summed E-state index contributed by atoms with van der Waals surface area (Å²) < 4.78 is 2.45. The van der Waals surface area contributed by atoms with E-state index in [4.69, 9.17) is 0 Å². The van der Waals surface area contributed by atoms with Crippen LogP contribution in [0.5, 0.6) is 0 Å². The van der Waals surface area contributed by atoms with Crippen molar-refractivity contribution in [3.05, 3.63) is 300 Å². The second-order valence-corrected chi connectivity index (χ2v) is 22.8. The van der Waals surface area contributed by atoms with Crippen LogP contribution in [0.1, 0.15) is 92.3 Å². The molecule has 12 aromatic rings. The Morgan fingerprint density at radius 1 is 0.370 bits per heavy atom. The van der Waals surface area contributed by atoms with E-state index in [2.05, 4.69) is 298 Å². The molecule has 0 saturated heterocycles. The number of rotatable bonds is 17. The minimum absolute atomic E-state index is 0.486. The SMILES string of the molecule is CCCCc1ccc(-c2ccc(N(c3ccc(-c4ccc(C5(c6ccc(-c7ccc(CCCC)cc7)cc6)c6ccccc6-c6ccccc65)cc4)cc3)c3ccc(-n4c5ccccc5c5ccc(CC(C)C)cc54)cc3)cc2)cc1. The summed E-state index contributed by atoms with van der Waals surface area (Å²) in [6, 6.07) is 98.5. The molecule has 1 aliphatic carbocycles. The molecule has 2 nitrogen and oxygen atoms in total. The van der Waals surface area contributed by atoms with Crippen LogP contribution in [0.2, 0.25) is 0 Å². The molecule has 0 fully saturated rings. The Bertz CT molecular complexity index is 4080. The molecule has 0 N–H and O–H groups in total.